The molecule has 1 aromatic carbocycles. The van der Waals surface area contributed by atoms with Crippen LogP contribution < -0.4 is 5.32 Å². The van der Waals surface area contributed by atoms with Crippen molar-refractivity contribution in [3.63, 3.8) is 0 Å². The third kappa shape index (κ3) is 4.13. The van der Waals surface area contributed by atoms with Crippen LogP contribution in [0.4, 0.5) is 0 Å². The standard InChI is InChI=1S/C15H18ClNS/c1-12(13-5-3-2-4-6-13)11-17-10-9-14-7-8-15(16)18-14/h2-8,12,17H,9-11H2,1H3. The minimum absolute atomic E-state index is 0.554. The van der Waals surface area contributed by atoms with Crippen LogP contribution in [0.15, 0.2) is 42.5 Å². The van der Waals surface area contributed by atoms with E-state index in [1.165, 1.54) is 10.4 Å². The van der Waals surface area contributed by atoms with E-state index in [2.05, 4.69) is 48.6 Å². The van der Waals surface area contributed by atoms with Crippen molar-refractivity contribution in [3.8, 4) is 0 Å². The molecule has 1 aromatic heterocycles. The molecule has 0 bridgehead atoms. The quantitative estimate of drug-likeness (QED) is 0.776. The van der Waals surface area contributed by atoms with Crippen LogP contribution in [0.1, 0.15) is 23.3 Å². The van der Waals surface area contributed by atoms with Gasteiger partial charge in [-0.2, -0.15) is 0 Å². The second-order valence-corrected chi connectivity index (χ2v) is 6.27. The van der Waals surface area contributed by atoms with Crippen molar-refractivity contribution >= 4 is 22.9 Å². The topological polar surface area (TPSA) is 12.0 Å². The fourth-order valence-corrected chi connectivity index (χ4v) is 3.00. The molecule has 0 aliphatic heterocycles. The van der Waals surface area contributed by atoms with Crippen molar-refractivity contribution < 1.29 is 0 Å². The van der Waals surface area contributed by atoms with Gasteiger partial charge in [0.1, 0.15) is 0 Å². The lowest BCUT2D eigenvalue weighted by Crippen LogP contribution is -2.22. The van der Waals surface area contributed by atoms with E-state index in [9.17, 15) is 0 Å². The first-order valence-electron chi connectivity index (χ1n) is 6.25. The number of rotatable bonds is 6. The Balaban J connectivity index is 1.69. The summed E-state index contributed by atoms with van der Waals surface area (Å²) in [5, 5.41) is 3.50. The van der Waals surface area contributed by atoms with Gasteiger partial charge in [-0.3, -0.25) is 0 Å². The molecule has 3 heteroatoms. The van der Waals surface area contributed by atoms with Gasteiger partial charge in [-0.1, -0.05) is 48.9 Å². The normalized spacial score (nSPS) is 12.6. The average Bonchev–Trinajstić information content (AvgIpc) is 2.81. The molecule has 0 aliphatic rings. The summed E-state index contributed by atoms with van der Waals surface area (Å²) >= 11 is 7.57. The number of thiophene rings is 1. The molecule has 0 amide bonds. The first-order valence-corrected chi connectivity index (χ1v) is 7.45. The Labute approximate surface area is 118 Å². The third-order valence-electron chi connectivity index (χ3n) is 3.00. The molecule has 18 heavy (non-hydrogen) atoms. The predicted octanol–water partition coefficient (Wildman–Crippen LogP) is 4.34. The van der Waals surface area contributed by atoms with Crippen molar-refractivity contribution in [2.24, 2.45) is 0 Å². The Morgan fingerprint density at radius 3 is 2.61 bits per heavy atom. The average molecular weight is 280 g/mol. The molecule has 0 aliphatic carbocycles. The van der Waals surface area contributed by atoms with Gasteiger partial charge in [0.25, 0.3) is 0 Å². The summed E-state index contributed by atoms with van der Waals surface area (Å²) in [7, 11) is 0. The van der Waals surface area contributed by atoms with Gasteiger partial charge in [0.15, 0.2) is 0 Å². The summed E-state index contributed by atoms with van der Waals surface area (Å²) < 4.78 is 0.877. The lowest BCUT2D eigenvalue weighted by atomic mass is 10.0. The van der Waals surface area contributed by atoms with E-state index in [4.69, 9.17) is 11.6 Å². The summed E-state index contributed by atoms with van der Waals surface area (Å²) in [5.41, 5.74) is 1.39. The van der Waals surface area contributed by atoms with E-state index in [1.807, 2.05) is 6.07 Å². The lowest BCUT2D eigenvalue weighted by molar-refractivity contribution is 0.617. The zero-order valence-electron chi connectivity index (χ0n) is 10.5. The van der Waals surface area contributed by atoms with Crippen LogP contribution in [-0.2, 0) is 6.42 Å². The first kappa shape index (κ1) is 13.6. The molecule has 2 rings (SSSR count). The van der Waals surface area contributed by atoms with E-state index < -0.39 is 0 Å². The molecule has 2 aromatic rings. The van der Waals surface area contributed by atoms with Gasteiger partial charge in [0, 0.05) is 11.4 Å². The zero-order valence-corrected chi connectivity index (χ0v) is 12.1. The van der Waals surface area contributed by atoms with Crippen LogP contribution >= 0.6 is 22.9 Å². The maximum atomic E-state index is 5.90. The summed E-state index contributed by atoms with van der Waals surface area (Å²) in [6.45, 7) is 4.28. The van der Waals surface area contributed by atoms with Crippen LogP contribution in [-0.4, -0.2) is 13.1 Å². The van der Waals surface area contributed by atoms with Gasteiger partial charge in [-0.05, 0) is 36.6 Å². The highest BCUT2D eigenvalue weighted by atomic mass is 35.5. The van der Waals surface area contributed by atoms with Crippen molar-refractivity contribution in [2.45, 2.75) is 19.3 Å². The van der Waals surface area contributed by atoms with E-state index in [1.54, 1.807) is 11.3 Å². The molecule has 1 atom stereocenters. The largest absolute Gasteiger partial charge is 0.316 e. The van der Waals surface area contributed by atoms with Gasteiger partial charge < -0.3 is 5.32 Å². The van der Waals surface area contributed by atoms with E-state index in [-0.39, 0.29) is 0 Å². The Hall–Kier alpha value is -0.830. The monoisotopic (exact) mass is 279 g/mol. The number of nitrogens with one attached hydrogen (secondary N) is 1. The molecule has 1 nitrogen and oxygen atoms in total. The molecule has 0 radical (unpaired) electrons. The Bertz CT molecular complexity index is 466. The van der Waals surface area contributed by atoms with E-state index >= 15 is 0 Å². The first-order chi connectivity index (χ1) is 8.75. The molecule has 0 spiro atoms. The van der Waals surface area contributed by atoms with Crippen molar-refractivity contribution in [1.29, 1.82) is 0 Å². The smallest absolute Gasteiger partial charge is 0.0931 e. The minimum Gasteiger partial charge on any atom is -0.316 e. The SMILES string of the molecule is CC(CNCCc1ccc(Cl)s1)c1ccccc1. The molecule has 1 heterocycles. The number of hydrogen-bond acceptors (Lipinski definition) is 2. The fourth-order valence-electron chi connectivity index (χ4n) is 1.92. The van der Waals surface area contributed by atoms with Gasteiger partial charge in [0.05, 0.1) is 4.34 Å². The summed E-state index contributed by atoms with van der Waals surface area (Å²) in [4.78, 5) is 1.35. The maximum Gasteiger partial charge on any atom is 0.0931 e. The summed E-state index contributed by atoms with van der Waals surface area (Å²) in [5.74, 6) is 0.554. The Morgan fingerprint density at radius 1 is 1.17 bits per heavy atom. The predicted molar refractivity (Wildman–Crippen MR) is 80.8 cm³/mol. The number of halogens is 1. The van der Waals surface area contributed by atoms with Crippen LogP contribution in [0.2, 0.25) is 4.34 Å². The fraction of sp³-hybridized carbons (Fsp3) is 0.333. The van der Waals surface area contributed by atoms with Crippen molar-refractivity contribution in [3.05, 3.63) is 57.2 Å². The maximum absolute atomic E-state index is 5.90. The molecule has 0 saturated carbocycles. The molecule has 1 N–H and O–H groups in total. The van der Waals surface area contributed by atoms with Gasteiger partial charge >= 0.3 is 0 Å². The Kier molecular flexibility index (Phi) is 5.24. The molecular formula is C15H18ClNS. The van der Waals surface area contributed by atoms with E-state index in [0.717, 1.165) is 23.8 Å². The molecule has 96 valence electrons. The highest BCUT2D eigenvalue weighted by Gasteiger charge is 2.04. The highest BCUT2D eigenvalue weighted by Crippen LogP contribution is 2.21. The molecule has 0 saturated heterocycles. The van der Waals surface area contributed by atoms with Gasteiger partial charge in [-0.25, -0.2) is 0 Å². The highest BCUT2D eigenvalue weighted by molar-refractivity contribution is 7.16. The van der Waals surface area contributed by atoms with Crippen molar-refractivity contribution in [1.82, 2.24) is 5.32 Å². The molecular weight excluding hydrogens is 262 g/mol. The molecule has 0 fully saturated rings. The van der Waals surface area contributed by atoms with Crippen molar-refractivity contribution in [2.75, 3.05) is 13.1 Å². The van der Waals surface area contributed by atoms with Crippen LogP contribution in [0.25, 0.3) is 0 Å². The molecule has 1 unspecified atom stereocenters. The van der Waals surface area contributed by atoms with Crippen LogP contribution in [0.5, 0.6) is 0 Å². The summed E-state index contributed by atoms with van der Waals surface area (Å²) in [6, 6.07) is 14.7. The Morgan fingerprint density at radius 2 is 1.94 bits per heavy atom. The van der Waals surface area contributed by atoms with Gasteiger partial charge in [-0.15, -0.1) is 11.3 Å². The van der Waals surface area contributed by atoms with Gasteiger partial charge in [0.2, 0.25) is 0 Å². The second kappa shape index (κ2) is 6.93. The summed E-state index contributed by atoms with van der Waals surface area (Å²) in [6.07, 6.45) is 1.05. The minimum atomic E-state index is 0.554. The third-order valence-corrected chi connectivity index (χ3v) is 4.29. The zero-order chi connectivity index (χ0) is 12.8. The second-order valence-electron chi connectivity index (χ2n) is 4.47. The number of hydrogen-bond donors (Lipinski definition) is 1. The van der Waals surface area contributed by atoms with Crippen LogP contribution in [0, 0.1) is 0 Å². The number of benzene rings is 1. The van der Waals surface area contributed by atoms with Crippen LogP contribution in [0.3, 0.4) is 0 Å². The lowest BCUT2D eigenvalue weighted by Gasteiger charge is -2.12. The van der Waals surface area contributed by atoms with E-state index in [0.29, 0.717) is 5.92 Å².